The highest BCUT2D eigenvalue weighted by atomic mass is 16.7. The number of hydrogen-bond acceptors (Lipinski definition) is 5. The van der Waals surface area contributed by atoms with Gasteiger partial charge in [0.1, 0.15) is 0 Å². The minimum Gasteiger partial charge on any atom is -0.435 e. The summed E-state index contributed by atoms with van der Waals surface area (Å²) in [6.45, 7) is 4.95. The molecule has 0 aliphatic rings. The van der Waals surface area contributed by atoms with Crippen molar-refractivity contribution < 1.29 is 14.3 Å². The van der Waals surface area contributed by atoms with Crippen molar-refractivity contribution in [1.82, 2.24) is 11.1 Å². The molecule has 0 aliphatic carbocycles. The topological polar surface area (TPSA) is 73.8 Å². The molecule has 178 valence electrons. The summed E-state index contributed by atoms with van der Waals surface area (Å²) in [5.74, 6) is 0. The number of unbranched alkanes of at least 4 members (excludes halogenated alkanes) is 15. The minimum absolute atomic E-state index is 0. The molecule has 0 amide bonds. The van der Waals surface area contributed by atoms with E-state index in [9.17, 15) is 4.79 Å². The molecule has 0 aromatic heterocycles. The second-order valence-corrected chi connectivity index (χ2v) is 8.18. The molecule has 0 aromatic rings. The number of carbonyl (C=O) groups is 1. The van der Waals surface area contributed by atoms with Crippen molar-refractivity contribution in [3.05, 3.63) is 0 Å². The first-order valence-corrected chi connectivity index (χ1v) is 11.9. The summed E-state index contributed by atoms with van der Waals surface area (Å²) >= 11 is 0. The highest BCUT2D eigenvalue weighted by Gasteiger charge is 2.00. The zero-order valence-electron chi connectivity index (χ0n) is 20.6. The Bertz CT molecular complexity index is 297. The first kappa shape index (κ1) is 32.8. The summed E-state index contributed by atoms with van der Waals surface area (Å²) in [4.78, 5) is 13.0. The highest BCUT2D eigenvalue weighted by Crippen LogP contribution is 2.13. The van der Waals surface area contributed by atoms with Crippen LogP contribution in [-0.2, 0) is 9.47 Å². The van der Waals surface area contributed by atoms with Crippen LogP contribution >= 0.6 is 0 Å². The molecule has 0 saturated heterocycles. The Labute approximate surface area is 182 Å². The largest absolute Gasteiger partial charge is 0.508 e. The Morgan fingerprint density at radius 1 is 0.586 bits per heavy atom. The summed E-state index contributed by atoms with van der Waals surface area (Å²) in [5.41, 5.74) is 0. The SMILES string of the molecule is CCCCCCCCCCCCCCCCCCOC(=O)OCC.CN(C)C.N. The van der Waals surface area contributed by atoms with Crippen LogP contribution in [-0.4, -0.2) is 45.4 Å². The van der Waals surface area contributed by atoms with E-state index in [0.717, 1.165) is 12.8 Å². The number of carbonyl (C=O) groups excluding carboxylic acids is 1. The lowest BCUT2D eigenvalue weighted by molar-refractivity contribution is 0.0578. The molecule has 0 bridgehead atoms. The lowest BCUT2D eigenvalue weighted by atomic mass is 10.0. The number of nitrogens with zero attached hydrogens (tertiary/aromatic N) is 1. The van der Waals surface area contributed by atoms with E-state index in [4.69, 9.17) is 9.47 Å². The second-order valence-electron chi connectivity index (χ2n) is 8.18. The zero-order chi connectivity index (χ0) is 21.3. The molecule has 0 radical (unpaired) electrons. The molecule has 0 aliphatic heterocycles. The van der Waals surface area contributed by atoms with Gasteiger partial charge in [-0.2, -0.15) is 0 Å². The molecule has 3 N–H and O–H groups in total. The third-order valence-electron chi connectivity index (χ3n) is 4.48. The molecular formula is C24H54N2O3. The Hall–Kier alpha value is -0.810. The quantitative estimate of drug-likeness (QED) is 0.182. The van der Waals surface area contributed by atoms with Crippen molar-refractivity contribution in [3.8, 4) is 0 Å². The first-order valence-electron chi connectivity index (χ1n) is 11.9. The molecule has 0 heterocycles. The van der Waals surface area contributed by atoms with Crippen LogP contribution in [0.1, 0.15) is 117 Å². The van der Waals surface area contributed by atoms with Gasteiger partial charge >= 0.3 is 6.16 Å². The Balaban J connectivity index is -0.00000123. The van der Waals surface area contributed by atoms with Gasteiger partial charge in [-0.25, -0.2) is 4.79 Å². The van der Waals surface area contributed by atoms with Gasteiger partial charge in [-0.3, -0.25) is 0 Å². The number of ether oxygens (including phenoxy) is 2. The number of hydrogen-bond donors (Lipinski definition) is 1. The summed E-state index contributed by atoms with van der Waals surface area (Å²) in [5, 5.41) is 0. The number of rotatable bonds is 18. The zero-order valence-corrected chi connectivity index (χ0v) is 20.6. The van der Waals surface area contributed by atoms with Crippen LogP contribution in [0.15, 0.2) is 0 Å². The van der Waals surface area contributed by atoms with Crippen LogP contribution in [0.25, 0.3) is 0 Å². The van der Waals surface area contributed by atoms with Gasteiger partial charge in [0.25, 0.3) is 0 Å². The van der Waals surface area contributed by atoms with Gasteiger partial charge in [-0.1, -0.05) is 103 Å². The lowest BCUT2D eigenvalue weighted by Crippen LogP contribution is -2.07. The van der Waals surface area contributed by atoms with Crippen LogP contribution in [0.3, 0.4) is 0 Å². The summed E-state index contributed by atoms with van der Waals surface area (Å²) < 4.78 is 9.65. The van der Waals surface area contributed by atoms with Crippen LogP contribution in [0.4, 0.5) is 4.79 Å². The minimum atomic E-state index is -0.529. The van der Waals surface area contributed by atoms with E-state index in [-0.39, 0.29) is 6.15 Å². The van der Waals surface area contributed by atoms with Gasteiger partial charge in [0.15, 0.2) is 0 Å². The van der Waals surface area contributed by atoms with E-state index >= 15 is 0 Å². The Morgan fingerprint density at radius 3 is 1.21 bits per heavy atom. The molecule has 5 nitrogen and oxygen atoms in total. The lowest BCUT2D eigenvalue weighted by Gasteiger charge is -2.05. The fourth-order valence-electron chi connectivity index (χ4n) is 2.97. The normalized spacial score (nSPS) is 10.1. The molecule has 0 rings (SSSR count). The molecule has 0 saturated carbocycles. The average Bonchev–Trinajstić information content (AvgIpc) is 2.64. The van der Waals surface area contributed by atoms with E-state index in [2.05, 4.69) is 6.92 Å². The van der Waals surface area contributed by atoms with Crippen LogP contribution in [0.2, 0.25) is 0 Å². The van der Waals surface area contributed by atoms with Crippen LogP contribution < -0.4 is 6.15 Å². The average molecular weight is 419 g/mol. The maximum atomic E-state index is 11.0. The predicted octanol–water partition coefficient (Wildman–Crippen LogP) is 7.76. The predicted molar refractivity (Wildman–Crippen MR) is 127 cm³/mol. The Morgan fingerprint density at radius 2 is 0.897 bits per heavy atom. The van der Waals surface area contributed by atoms with E-state index in [1.54, 1.807) is 6.92 Å². The Kier molecular flexibility index (Phi) is 33.3. The van der Waals surface area contributed by atoms with Gasteiger partial charge < -0.3 is 20.5 Å². The van der Waals surface area contributed by atoms with Crippen molar-refractivity contribution in [3.63, 3.8) is 0 Å². The van der Waals surface area contributed by atoms with E-state index in [1.807, 2.05) is 26.0 Å². The summed E-state index contributed by atoms with van der Waals surface area (Å²) in [7, 11) is 6.00. The summed E-state index contributed by atoms with van der Waals surface area (Å²) in [6, 6.07) is 0. The summed E-state index contributed by atoms with van der Waals surface area (Å²) in [6.07, 6.45) is 21.1. The molecular weight excluding hydrogens is 364 g/mol. The van der Waals surface area contributed by atoms with E-state index in [0.29, 0.717) is 13.2 Å². The van der Waals surface area contributed by atoms with Gasteiger partial charge in [-0.05, 0) is 34.5 Å². The molecule has 0 spiro atoms. The molecule has 29 heavy (non-hydrogen) atoms. The van der Waals surface area contributed by atoms with Gasteiger partial charge in [0.2, 0.25) is 0 Å². The van der Waals surface area contributed by atoms with Crippen molar-refractivity contribution in [2.24, 2.45) is 0 Å². The fourth-order valence-corrected chi connectivity index (χ4v) is 2.97. The van der Waals surface area contributed by atoms with Crippen molar-refractivity contribution >= 4 is 6.16 Å². The molecule has 0 atom stereocenters. The monoisotopic (exact) mass is 418 g/mol. The van der Waals surface area contributed by atoms with Crippen molar-refractivity contribution in [2.45, 2.75) is 117 Å². The van der Waals surface area contributed by atoms with E-state index in [1.165, 1.54) is 89.9 Å². The molecule has 5 heteroatoms. The maximum Gasteiger partial charge on any atom is 0.508 e. The van der Waals surface area contributed by atoms with Gasteiger partial charge in [0, 0.05) is 0 Å². The van der Waals surface area contributed by atoms with Crippen molar-refractivity contribution in [1.29, 1.82) is 0 Å². The second kappa shape index (κ2) is 29.4. The maximum absolute atomic E-state index is 11.0. The molecule has 0 fully saturated rings. The van der Waals surface area contributed by atoms with Gasteiger partial charge in [-0.15, -0.1) is 0 Å². The third-order valence-corrected chi connectivity index (χ3v) is 4.48. The van der Waals surface area contributed by atoms with Crippen LogP contribution in [0.5, 0.6) is 0 Å². The fraction of sp³-hybridized carbons (Fsp3) is 0.958. The van der Waals surface area contributed by atoms with Crippen LogP contribution in [0, 0.1) is 0 Å². The van der Waals surface area contributed by atoms with Crippen molar-refractivity contribution in [2.75, 3.05) is 34.4 Å². The first-order chi connectivity index (χ1) is 13.5. The molecule has 0 unspecified atom stereocenters. The van der Waals surface area contributed by atoms with E-state index < -0.39 is 6.16 Å². The highest BCUT2D eigenvalue weighted by molar-refractivity contribution is 5.59. The van der Waals surface area contributed by atoms with Gasteiger partial charge in [0.05, 0.1) is 13.2 Å². The molecule has 0 aromatic carbocycles. The smallest absolute Gasteiger partial charge is 0.435 e. The standard InChI is InChI=1S/C21H42O3.C3H9N.H3N/c1-3-5-6-7-8-9-10-11-12-13-14-15-16-17-18-19-20-24-21(22)23-4-2;1-4(2)3;/h3-20H2,1-2H3;1-3H3;1H3. The third kappa shape index (κ3) is 38.4.